The van der Waals surface area contributed by atoms with E-state index in [2.05, 4.69) is 10.2 Å². The number of halogens is 5. The second-order valence-corrected chi connectivity index (χ2v) is 7.11. The molecule has 1 heterocycles. The maximum absolute atomic E-state index is 13.1. The molecule has 0 atom stereocenters. The third-order valence-electron chi connectivity index (χ3n) is 5.09. The Kier molecular flexibility index (Phi) is 6.84. The van der Waals surface area contributed by atoms with Gasteiger partial charge in [0.1, 0.15) is 11.3 Å². The van der Waals surface area contributed by atoms with Crippen molar-refractivity contribution in [3.05, 3.63) is 59.7 Å². The molecule has 30 heavy (non-hydrogen) atoms. The van der Waals surface area contributed by atoms with Crippen molar-refractivity contribution in [3.8, 4) is 5.75 Å². The monoisotopic (exact) mass is 426 g/mol. The number of alkyl halides is 3. The molecule has 2 aromatic carbocycles. The molecule has 2 aromatic rings. The topological polar surface area (TPSA) is 24.5 Å². The largest absolute Gasteiger partial charge is 0.496 e. The van der Waals surface area contributed by atoms with E-state index in [4.69, 9.17) is 4.74 Å². The number of nitrogens with zero attached hydrogens (tertiary/aromatic N) is 1. The van der Waals surface area contributed by atoms with Gasteiger partial charge in [-0.15, -0.1) is 0 Å². The van der Waals surface area contributed by atoms with Crippen molar-refractivity contribution in [1.29, 1.82) is 0 Å². The number of nitrogens with one attached hydrogen (secondary N) is 1. The fraction of sp³-hybridized carbons (Fsp3) is 0.364. The van der Waals surface area contributed by atoms with Crippen molar-refractivity contribution in [3.63, 3.8) is 0 Å². The molecule has 0 radical (unpaired) electrons. The van der Waals surface area contributed by atoms with Crippen LogP contribution in [0.3, 0.4) is 0 Å². The number of anilines is 2. The Balaban J connectivity index is 1.82. The first-order valence-electron chi connectivity index (χ1n) is 9.68. The molecule has 0 saturated carbocycles. The third kappa shape index (κ3) is 5.23. The van der Waals surface area contributed by atoms with Gasteiger partial charge in [0.15, 0.2) is 0 Å². The van der Waals surface area contributed by atoms with Crippen LogP contribution in [0.1, 0.15) is 30.4 Å². The van der Waals surface area contributed by atoms with Crippen molar-refractivity contribution < 1.29 is 26.7 Å². The molecule has 1 aliphatic rings. The molecule has 0 spiro atoms. The second kappa shape index (κ2) is 9.36. The van der Waals surface area contributed by atoms with Crippen LogP contribution in [0.5, 0.6) is 5.75 Å². The molecule has 162 valence electrons. The second-order valence-electron chi connectivity index (χ2n) is 7.11. The van der Waals surface area contributed by atoms with Gasteiger partial charge >= 0.3 is 6.18 Å². The van der Waals surface area contributed by atoms with Gasteiger partial charge in [-0.2, -0.15) is 22.0 Å². The van der Waals surface area contributed by atoms with Gasteiger partial charge in [0.05, 0.1) is 7.11 Å². The van der Waals surface area contributed by atoms with Crippen molar-refractivity contribution in [1.82, 2.24) is 0 Å². The standard InChI is InChI=1S/C22H23F5N2O/c1-30-19-9-8-15(20(21(23)24)22(25,26)27)12-16(19)14-28-17-6-5-7-18(13-17)29-10-3-2-4-11-29/h5-9,12-13,28H,2-4,10-11,14H2,1H3. The van der Waals surface area contributed by atoms with Crippen LogP contribution in [0.2, 0.25) is 0 Å². The van der Waals surface area contributed by atoms with Crippen LogP contribution < -0.4 is 15.0 Å². The van der Waals surface area contributed by atoms with Gasteiger partial charge < -0.3 is 15.0 Å². The van der Waals surface area contributed by atoms with E-state index in [0.717, 1.165) is 49.4 Å². The Bertz CT molecular complexity index is 901. The highest BCUT2D eigenvalue weighted by atomic mass is 19.4. The number of piperidine rings is 1. The maximum atomic E-state index is 13.1. The van der Waals surface area contributed by atoms with Crippen molar-refractivity contribution in [2.24, 2.45) is 0 Å². The van der Waals surface area contributed by atoms with Gasteiger partial charge in [-0.3, -0.25) is 0 Å². The van der Waals surface area contributed by atoms with E-state index in [9.17, 15) is 22.0 Å². The molecule has 0 aromatic heterocycles. The summed E-state index contributed by atoms with van der Waals surface area (Å²) in [7, 11) is 1.38. The predicted molar refractivity (Wildman–Crippen MR) is 108 cm³/mol. The van der Waals surface area contributed by atoms with E-state index in [1.807, 2.05) is 24.3 Å². The average molecular weight is 426 g/mol. The van der Waals surface area contributed by atoms with Crippen molar-refractivity contribution in [2.45, 2.75) is 32.0 Å². The summed E-state index contributed by atoms with van der Waals surface area (Å²) in [5, 5.41) is 3.16. The first-order valence-corrected chi connectivity index (χ1v) is 9.68. The van der Waals surface area contributed by atoms with E-state index in [0.29, 0.717) is 11.3 Å². The van der Waals surface area contributed by atoms with E-state index in [-0.39, 0.29) is 6.54 Å². The molecular weight excluding hydrogens is 403 g/mol. The molecule has 1 fully saturated rings. The summed E-state index contributed by atoms with van der Waals surface area (Å²) in [6, 6.07) is 11.1. The lowest BCUT2D eigenvalue weighted by molar-refractivity contribution is -0.0711. The zero-order chi connectivity index (χ0) is 21.7. The lowest BCUT2D eigenvalue weighted by atomic mass is 10.0. The van der Waals surface area contributed by atoms with Crippen LogP contribution in [0.4, 0.5) is 33.3 Å². The Hall–Kier alpha value is -2.77. The number of rotatable bonds is 6. The summed E-state index contributed by atoms with van der Waals surface area (Å²) in [4.78, 5) is 2.29. The minimum Gasteiger partial charge on any atom is -0.496 e. The molecular formula is C22H23F5N2O. The van der Waals surface area contributed by atoms with E-state index in [1.54, 1.807) is 0 Å². The molecule has 1 aliphatic heterocycles. The fourth-order valence-electron chi connectivity index (χ4n) is 3.61. The van der Waals surface area contributed by atoms with Crippen LogP contribution in [0.15, 0.2) is 48.5 Å². The summed E-state index contributed by atoms with van der Waals surface area (Å²) in [6.07, 6.45) is -4.41. The lowest BCUT2D eigenvalue weighted by Gasteiger charge is -2.29. The Morgan fingerprint density at radius 2 is 1.77 bits per heavy atom. The fourth-order valence-corrected chi connectivity index (χ4v) is 3.61. The molecule has 8 heteroatoms. The molecule has 0 aliphatic carbocycles. The third-order valence-corrected chi connectivity index (χ3v) is 5.09. The average Bonchev–Trinajstić information content (AvgIpc) is 2.72. The first kappa shape index (κ1) is 21.9. The van der Waals surface area contributed by atoms with Crippen LogP contribution in [-0.4, -0.2) is 26.4 Å². The van der Waals surface area contributed by atoms with Crippen LogP contribution in [0, 0.1) is 0 Å². The molecule has 3 nitrogen and oxygen atoms in total. The van der Waals surface area contributed by atoms with Gasteiger partial charge in [0.2, 0.25) is 0 Å². The molecule has 3 rings (SSSR count). The Morgan fingerprint density at radius 1 is 1.03 bits per heavy atom. The minimum atomic E-state index is -5.15. The first-order chi connectivity index (χ1) is 14.3. The normalized spacial score (nSPS) is 14.4. The SMILES string of the molecule is COc1ccc(C(=C(F)F)C(F)(F)F)cc1CNc1cccc(N2CCCCC2)c1. The molecule has 0 bridgehead atoms. The highest BCUT2D eigenvalue weighted by molar-refractivity contribution is 5.71. The van der Waals surface area contributed by atoms with Gasteiger partial charge in [-0.05, 0) is 55.2 Å². The minimum absolute atomic E-state index is 0.125. The summed E-state index contributed by atoms with van der Waals surface area (Å²) in [5.41, 5.74) is -0.321. The van der Waals surface area contributed by atoms with Gasteiger partial charge in [0.25, 0.3) is 6.08 Å². The number of ether oxygens (including phenoxy) is 1. The van der Waals surface area contributed by atoms with E-state index >= 15 is 0 Å². The molecule has 0 amide bonds. The number of allylic oxidation sites excluding steroid dienone is 1. The van der Waals surface area contributed by atoms with Crippen molar-refractivity contribution >= 4 is 16.9 Å². The van der Waals surface area contributed by atoms with E-state index < -0.39 is 23.4 Å². The number of methoxy groups -OCH3 is 1. The van der Waals surface area contributed by atoms with Crippen LogP contribution >= 0.6 is 0 Å². The molecule has 0 unspecified atom stereocenters. The number of benzene rings is 2. The summed E-state index contributed by atoms with van der Waals surface area (Å²) in [6.45, 7) is 2.10. The smallest absolute Gasteiger partial charge is 0.422 e. The Labute approximate surface area is 172 Å². The lowest BCUT2D eigenvalue weighted by Crippen LogP contribution is -2.29. The van der Waals surface area contributed by atoms with Gasteiger partial charge in [-0.25, -0.2) is 0 Å². The van der Waals surface area contributed by atoms with Crippen LogP contribution in [0.25, 0.3) is 5.57 Å². The van der Waals surface area contributed by atoms with Gasteiger partial charge in [-0.1, -0.05) is 12.1 Å². The number of hydrogen-bond donors (Lipinski definition) is 1. The zero-order valence-electron chi connectivity index (χ0n) is 16.5. The highest BCUT2D eigenvalue weighted by Gasteiger charge is 2.39. The van der Waals surface area contributed by atoms with Crippen molar-refractivity contribution in [2.75, 3.05) is 30.4 Å². The van der Waals surface area contributed by atoms with Gasteiger partial charge in [0, 0.05) is 36.6 Å². The number of hydrogen-bond acceptors (Lipinski definition) is 3. The van der Waals surface area contributed by atoms with E-state index in [1.165, 1.54) is 19.6 Å². The molecule has 1 saturated heterocycles. The summed E-state index contributed by atoms with van der Waals surface area (Å²) in [5.74, 6) is 0.319. The Morgan fingerprint density at radius 3 is 2.40 bits per heavy atom. The van der Waals surface area contributed by atoms with Crippen LogP contribution in [-0.2, 0) is 6.54 Å². The highest BCUT2D eigenvalue weighted by Crippen LogP contribution is 2.39. The summed E-state index contributed by atoms with van der Waals surface area (Å²) < 4.78 is 70.3. The molecule has 1 N–H and O–H groups in total. The quantitative estimate of drug-likeness (QED) is 0.536. The predicted octanol–water partition coefficient (Wildman–Crippen LogP) is 6.47. The summed E-state index contributed by atoms with van der Waals surface area (Å²) >= 11 is 0. The zero-order valence-corrected chi connectivity index (χ0v) is 16.5. The maximum Gasteiger partial charge on any atom is 0.422 e.